The van der Waals surface area contributed by atoms with Crippen molar-refractivity contribution in [1.82, 2.24) is 9.97 Å². The number of nitrogens with zero attached hydrogens (tertiary/aromatic N) is 2. The van der Waals surface area contributed by atoms with Crippen LogP contribution in [-0.2, 0) is 6.42 Å². The number of aromatic nitrogens is 2. The van der Waals surface area contributed by atoms with Gasteiger partial charge >= 0.3 is 0 Å². The molecule has 0 spiro atoms. The molecule has 2 aromatic rings. The van der Waals surface area contributed by atoms with Crippen LogP contribution in [0.2, 0.25) is 0 Å². The van der Waals surface area contributed by atoms with E-state index in [1.807, 2.05) is 19.9 Å². The van der Waals surface area contributed by atoms with Gasteiger partial charge in [0.15, 0.2) is 0 Å². The van der Waals surface area contributed by atoms with Gasteiger partial charge in [-0.25, -0.2) is 9.37 Å². The first-order chi connectivity index (χ1) is 9.06. The number of hydrogen-bond donors (Lipinski definition) is 2. The van der Waals surface area contributed by atoms with Crippen LogP contribution in [0.4, 0.5) is 16.2 Å². The van der Waals surface area contributed by atoms with Crippen molar-refractivity contribution in [3.63, 3.8) is 0 Å². The number of benzene rings is 1. The monoisotopic (exact) mass is 260 g/mol. The van der Waals surface area contributed by atoms with Crippen molar-refractivity contribution in [2.75, 3.05) is 17.6 Å². The molecular formula is C14H17FN4. The van der Waals surface area contributed by atoms with Crippen LogP contribution in [0.1, 0.15) is 16.7 Å². The van der Waals surface area contributed by atoms with Gasteiger partial charge in [-0.1, -0.05) is 6.07 Å². The molecule has 0 unspecified atom stereocenters. The van der Waals surface area contributed by atoms with Gasteiger partial charge in [-0.05, 0) is 43.5 Å². The molecule has 0 atom stereocenters. The van der Waals surface area contributed by atoms with Crippen molar-refractivity contribution in [3.05, 3.63) is 46.9 Å². The van der Waals surface area contributed by atoms with Gasteiger partial charge in [-0.15, -0.1) is 0 Å². The van der Waals surface area contributed by atoms with Gasteiger partial charge in [-0.2, -0.15) is 4.98 Å². The first-order valence-electron chi connectivity index (χ1n) is 6.14. The van der Waals surface area contributed by atoms with Crippen LogP contribution in [0.5, 0.6) is 0 Å². The van der Waals surface area contributed by atoms with Crippen LogP contribution < -0.4 is 11.1 Å². The number of nitrogens with one attached hydrogen (secondary N) is 1. The average Bonchev–Trinajstić information content (AvgIpc) is 2.36. The lowest BCUT2D eigenvalue weighted by Gasteiger charge is -2.10. The van der Waals surface area contributed by atoms with Gasteiger partial charge < -0.3 is 11.1 Å². The standard InChI is InChI=1S/C14H17FN4/c1-9-7-12(15)4-3-11(9)5-6-17-13-10(2)8-18-14(16)19-13/h3-4,7-8H,5-6H2,1-2H3,(H3,16,17,18,19). The number of rotatable bonds is 4. The van der Waals surface area contributed by atoms with Gasteiger partial charge in [0.25, 0.3) is 0 Å². The zero-order valence-electron chi connectivity index (χ0n) is 11.1. The third kappa shape index (κ3) is 3.40. The lowest BCUT2D eigenvalue weighted by Crippen LogP contribution is -2.10. The van der Waals surface area contributed by atoms with E-state index in [0.29, 0.717) is 6.54 Å². The van der Waals surface area contributed by atoms with Crippen LogP contribution >= 0.6 is 0 Å². The first kappa shape index (κ1) is 13.3. The quantitative estimate of drug-likeness (QED) is 0.886. The van der Waals surface area contributed by atoms with Crippen LogP contribution in [-0.4, -0.2) is 16.5 Å². The molecule has 3 N–H and O–H groups in total. The number of anilines is 2. The highest BCUT2D eigenvalue weighted by molar-refractivity contribution is 5.45. The predicted molar refractivity (Wildman–Crippen MR) is 74.5 cm³/mol. The Hall–Kier alpha value is -2.17. The minimum Gasteiger partial charge on any atom is -0.369 e. The van der Waals surface area contributed by atoms with E-state index in [0.717, 1.165) is 28.9 Å². The topological polar surface area (TPSA) is 63.8 Å². The van der Waals surface area contributed by atoms with E-state index in [1.54, 1.807) is 12.3 Å². The van der Waals surface area contributed by atoms with Crippen molar-refractivity contribution < 1.29 is 4.39 Å². The van der Waals surface area contributed by atoms with Gasteiger partial charge in [0, 0.05) is 18.3 Å². The molecule has 5 heteroatoms. The molecule has 0 saturated carbocycles. The van der Waals surface area contributed by atoms with Crippen molar-refractivity contribution in [1.29, 1.82) is 0 Å². The Bertz CT molecular complexity index is 584. The summed E-state index contributed by atoms with van der Waals surface area (Å²) in [5.74, 6) is 0.798. The maximum absolute atomic E-state index is 13.0. The number of halogens is 1. The summed E-state index contributed by atoms with van der Waals surface area (Å²) >= 11 is 0. The maximum Gasteiger partial charge on any atom is 0.221 e. The molecule has 1 heterocycles. The van der Waals surface area contributed by atoms with E-state index in [9.17, 15) is 4.39 Å². The molecule has 0 aliphatic heterocycles. The van der Waals surface area contributed by atoms with Crippen LogP contribution in [0.15, 0.2) is 24.4 Å². The zero-order valence-corrected chi connectivity index (χ0v) is 11.1. The van der Waals surface area contributed by atoms with Crippen LogP contribution in [0.3, 0.4) is 0 Å². The predicted octanol–water partition coefficient (Wildman–Crippen LogP) is 2.47. The highest BCUT2D eigenvalue weighted by Crippen LogP contribution is 2.13. The molecule has 2 rings (SSSR count). The third-order valence-corrected chi connectivity index (χ3v) is 2.98. The molecule has 0 fully saturated rings. The lowest BCUT2D eigenvalue weighted by atomic mass is 10.1. The normalized spacial score (nSPS) is 10.5. The summed E-state index contributed by atoms with van der Waals surface area (Å²) in [6.07, 6.45) is 2.49. The second-order valence-corrected chi connectivity index (χ2v) is 4.51. The number of aryl methyl sites for hydroxylation is 2. The fourth-order valence-corrected chi connectivity index (χ4v) is 1.89. The molecule has 4 nitrogen and oxygen atoms in total. The van der Waals surface area contributed by atoms with Gasteiger partial charge in [0.1, 0.15) is 11.6 Å². The smallest absolute Gasteiger partial charge is 0.221 e. The van der Waals surface area contributed by atoms with Gasteiger partial charge in [-0.3, -0.25) is 0 Å². The molecule has 19 heavy (non-hydrogen) atoms. The summed E-state index contributed by atoms with van der Waals surface area (Å²) in [5.41, 5.74) is 8.57. The zero-order chi connectivity index (χ0) is 13.8. The fraction of sp³-hybridized carbons (Fsp3) is 0.286. The molecule has 100 valence electrons. The summed E-state index contributed by atoms with van der Waals surface area (Å²) in [5, 5.41) is 3.22. The summed E-state index contributed by atoms with van der Waals surface area (Å²) < 4.78 is 13.0. The summed E-state index contributed by atoms with van der Waals surface area (Å²) in [6, 6.07) is 4.84. The van der Waals surface area contributed by atoms with Crippen LogP contribution in [0, 0.1) is 19.7 Å². The number of nitrogens with two attached hydrogens (primary N) is 1. The third-order valence-electron chi connectivity index (χ3n) is 2.98. The minimum absolute atomic E-state index is 0.200. The Kier molecular flexibility index (Phi) is 3.94. The van der Waals surface area contributed by atoms with E-state index in [1.165, 1.54) is 6.07 Å². The maximum atomic E-state index is 13.0. The Balaban J connectivity index is 1.98. The molecule has 1 aromatic heterocycles. The second kappa shape index (κ2) is 5.65. The van der Waals surface area contributed by atoms with Crippen molar-refractivity contribution >= 4 is 11.8 Å². The highest BCUT2D eigenvalue weighted by Gasteiger charge is 2.03. The Labute approximate surface area is 111 Å². The van der Waals surface area contributed by atoms with Gasteiger partial charge in [0.2, 0.25) is 5.95 Å². The SMILES string of the molecule is Cc1cc(F)ccc1CCNc1nc(N)ncc1C. The van der Waals surface area contributed by atoms with E-state index in [2.05, 4.69) is 15.3 Å². The number of nitrogen functional groups attached to an aromatic ring is 1. The molecule has 0 bridgehead atoms. The molecule has 0 aliphatic carbocycles. The Morgan fingerprint density at radius 1 is 1.26 bits per heavy atom. The first-order valence-corrected chi connectivity index (χ1v) is 6.14. The minimum atomic E-state index is -0.200. The van der Waals surface area contributed by atoms with Crippen molar-refractivity contribution in [3.8, 4) is 0 Å². The highest BCUT2D eigenvalue weighted by atomic mass is 19.1. The van der Waals surface area contributed by atoms with Crippen molar-refractivity contribution in [2.24, 2.45) is 0 Å². The van der Waals surface area contributed by atoms with E-state index < -0.39 is 0 Å². The molecule has 0 radical (unpaired) electrons. The average molecular weight is 260 g/mol. The largest absolute Gasteiger partial charge is 0.369 e. The van der Waals surface area contributed by atoms with E-state index in [4.69, 9.17) is 5.73 Å². The Morgan fingerprint density at radius 2 is 2.05 bits per heavy atom. The summed E-state index contributed by atoms with van der Waals surface area (Å²) in [7, 11) is 0. The lowest BCUT2D eigenvalue weighted by molar-refractivity contribution is 0.625. The summed E-state index contributed by atoms with van der Waals surface area (Å²) in [6.45, 7) is 4.54. The summed E-state index contributed by atoms with van der Waals surface area (Å²) in [4.78, 5) is 8.05. The molecular weight excluding hydrogens is 243 g/mol. The second-order valence-electron chi connectivity index (χ2n) is 4.51. The fourth-order valence-electron chi connectivity index (χ4n) is 1.89. The molecule has 1 aromatic carbocycles. The van der Waals surface area contributed by atoms with E-state index in [-0.39, 0.29) is 11.8 Å². The van der Waals surface area contributed by atoms with Gasteiger partial charge in [0.05, 0.1) is 0 Å². The van der Waals surface area contributed by atoms with Crippen LogP contribution in [0.25, 0.3) is 0 Å². The van der Waals surface area contributed by atoms with E-state index >= 15 is 0 Å². The Morgan fingerprint density at radius 3 is 2.79 bits per heavy atom. The molecule has 0 aliphatic rings. The molecule has 0 saturated heterocycles. The number of hydrogen-bond acceptors (Lipinski definition) is 4. The van der Waals surface area contributed by atoms with Crippen molar-refractivity contribution in [2.45, 2.75) is 20.3 Å². The molecule has 0 amide bonds.